The number of aliphatic hydroxyl groups is 1. The van der Waals surface area contributed by atoms with Gasteiger partial charge in [-0.15, -0.1) is 11.3 Å². The smallest absolute Gasteiger partial charge is 0.136 e. The van der Waals surface area contributed by atoms with Gasteiger partial charge >= 0.3 is 0 Å². The number of hydrogen-bond acceptors (Lipinski definition) is 7. The number of nitrogens with zero attached hydrogens (tertiary/aromatic N) is 3. The molecule has 2 aliphatic carbocycles. The normalized spacial score (nSPS) is 18.8. The molecule has 0 amide bonds. The fourth-order valence-electron chi connectivity index (χ4n) is 3.94. The summed E-state index contributed by atoms with van der Waals surface area (Å²) in [7, 11) is 1.67. The van der Waals surface area contributed by atoms with Crippen LogP contribution in [0.2, 0.25) is 0 Å². The minimum absolute atomic E-state index is 0.0843. The van der Waals surface area contributed by atoms with Crippen molar-refractivity contribution in [3.63, 3.8) is 0 Å². The maximum atomic E-state index is 9.82. The van der Waals surface area contributed by atoms with Crippen molar-refractivity contribution < 1.29 is 9.84 Å². The van der Waals surface area contributed by atoms with Gasteiger partial charge in [0, 0.05) is 49.4 Å². The third-order valence-corrected chi connectivity index (χ3v) is 6.84. The number of aromatic nitrogens is 1. The van der Waals surface area contributed by atoms with Gasteiger partial charge in [-0.2, -0.15) is 5.26 Å². The van der Waals surface area contributed by atoms with Crippen LogP contribution in [0.5, 0.6) is 0 Å². The first-order valence-electron chi connectivity index (χ1n) is 13.3. The van der Waals surface area contributed by atoms with Crippen molar-refractivity contribution in [2.24, 2.45) is 10.9 Å². The van der Waals surface area contributed by atoms with E-state index in [2.05, 4.69) is 29.4 Å². The monoisotopic (exact) mass is 527 g/mol. The van der Waals surface area contributed by atoms with Gasteiger partial charge in [-0.1, -0.05) is 52.5 Å². The first-order chi connectivity index (χ1) is 18.0. The molecule has 2 aliphatic rings. The Hall–Kier alpha value is -2.57. The Morgan fingerprint density at radius 3 is 2.70 bits per heavy atom. The fourth-order valence-corrected chi connectivity index (χ4v) is 5.07. The number of aliphatic hydroxyl groups excluding tert-OH is 1. The summed E-state index contributed by atoms with van der Waals surface area (Å²) < 4.78 is 5.09. The second-order valence-corrected chi connectivity index (χ2v) is 9.41. The SMILES string of the molecule is C=C(CNCCOC)NC(=NC1CCC(CO)C1)/C(=C(\C)C#N)c1nc2c(s1)CC=CC=C2.CC.CC. The molecule has 2 atom stereocenters. The van der Waals surface area contributed by atoms with Gasteiger partial charge in [0.2, 0.25) is 0 Å². The second-order valence-electron chi connectivity index (χ2n) is 8.32. The van der Waals surface area contributed by atoms with Gasteiger partial charge in [0.25, 0.3) is 0 Å². The van der Waals surface area contributed by atoms with Crippen LogP contribution in [-0.4, -0.2) is 55.4 Å². The average molecular weight is 528 g/mol. The molecule has 0 saturated heterocycles. The molecule has 3 rings (SSSR count). The standard InChI is InChI=1S/C25H33N5O2S.2C2H6/c1-17(14-26)23(25-30-21-7-5-4-6-8-22(21)33-25)24(28-18(2)15-27-11-12-32-3)29-20-10-9-19(13-20)16-31;2*1-2/h4-7,19-20,27,31H,2,8-13,15-16H2,1,3H3,(H,28,29);2*1-2H3/b23-17-;;. The van der Waals surface area contributed by atoms with Gasteiger partial charge in [-0.05, 0) is 38.2 Å². The molecule has 1 heterocycles. The minimum Gasteiger partial charge on any atom is -0.396 e. The van der Waals surface area contributed by atoms with E-state index in [1.54, 1.807) is 25.4 Å². The van der Waals surface area contributed by atoms with Crippen LogP contribution in [0.1, 0.15) is 69.5 Å². The van der Waals surface area contributed by atoms with E-state index >= 15 is 0 Å². The molecule has 37 heavy (non-hydrogen) atoms. The molecule has 0 aliphatic heterocycles. The molecule has 0 aromatic carbocycles. The summed E-state index contributed by atoms with van der Waals surface area (Å²) in [5.74, 6) is 0.899. The highest BCUT2D eigenvalue weighted by Crippen LogP contribution is 2.32. The Kier molecular flexibility index (Phi) is 16.4. The number of thiazole rings is 1. The van der Waals surface area contributed by atoms with Crippen LogP contribution < -0.4 is 10.6 Å². The van der Waals surface area contributed by atoms with Crippen LogP contribution in [0.4, 0.5) is 0 Å². The second kappa shape index (κ2) is 18.6. The summed E-state index contributed by atoms with van der Waals surface area (Å²) in [5.41, 5.74) is 2.97. The first kappa shape index (κ1) is 32.5. The molecule has 1 aromatic heterocycles. The van der Waals surface area contributed by atoms with E-state index in [4.69, 9.17) is 14.7 Å². The van der Waals surface area contributed by atoms with Crippen molar-refractivity contribution in [3.8, 4) is 6.07 Å². The highest BCUT2D eigenvalue weighted by atomic mass is 32.1. The number of fused-ring (bicyclic) bond motifs is 1. The third kappa shape index (κ3) is 10.4. The van der Waals surface area contributed by atoms with Gasteiger partial charge in [0.05, 0.1) is 30.0 Å². The van der Waals surface area contributed by atoms with Gasteiger partial charge in [-0.3, -0.25) is 4.99 Å². The van der Waals surface area contributed by atoms with E-state index in [9.17, 15) is 10.4 Å². The van der Waals surface area contributed by atoms with Gasteiger partial charge < -0.3 is 20.5 Å². The Morgan fingerprint density at radius 2 is 2.05 bits per heavy atom. The van der Waals surface area contributed by atoms with Gasteiger partial charge in [0.1, 0.15) is 10.8 Å². The molecule has 1 saturated carbocycles. The Morgan fingerprint density at radius 1 is 1.30 bits per heavy atom. The molecule has 0 bridgehead atoms. The van der Waals surface area contributed by atoms with Crippen molar-refractivity contribution >= 4 is 28.8 Å². The molecule has 2 unspecified atom stereocenters. The lowest BCUT2D eigenvalue weighted by molar-refractivity contribution is 0.200. The van der Waals surface area contributed by atoms with Crippen molar-refractivity contribution in [2.75, 3.05) is 33.4 Å². The molecular formula is C29H45N5O2S. The Balaban J connectivity index is 0.00000163. The molecule has 1 fully saturated rings. The van der Waals surface area contributed by atoms with E-state index in [1.165, 1.54) is 4.88 Å². The number of nitriles is 1. The zero-order chi connectivity index (χ0) is 27.6. The maximum absolute atomic E-state index is 9.82. The lowest BCUT2D eigenvalue weighted by Crippen LogP contribution is -2.32. The largest absolute Gasteiger partial charge is 0.396 e. The summed E-state index contributed by atoms with van der Waals surface area (Å²) in [6, 6.07) is 2.39. The van der Waals surface area contributed by atoms with Crippen LogP contribution >= 0.6 is 11.3 Å². The number of nitrogens with one attached hydrogen (secondary N) is 2. The van der Waals surface area contributed by atoms with Crippen molar-refractivity contribution in [3.05, 3.63) is 51.7 Å². The molecule has 8 heteroatoms. The Bertz CT molecular complexity index is 1000. The summed E-state index contributed by atoms with van der Waals surface area (Å²) in [4.78, 5) is 11.1. The van der Waals surface area contributed by atoms with Crippen LogP contribution in [0, 0.1) is 17.2 Å². The van der Waals surface area contributed by atoms with Gasteiger partial charge in [0.15, 0.2) is 0 Å². The van der Waals surface area contributed by atoms with E-state index in [0.29, 0.717) is 31.1 Å². The van der Waals surface area contributed by atoms with E-state index < -0.39 is 0 Å². The van der Waals surface area contributed by atoms with Crippen LogP contribution in [0.25, 0.3) is 11.6 Å². The molecule has 7 nitrogen and oxygen atoms in total. The molecular weight excluding hydrogens is 482 g/mol. The first-order valence-corrected chi connectivity index (χ1v) is 14.1. The average Bonchev–Trinajstić information content (AvgIpc) is 3.49. The van der Waals surface area contributed by atoms with E-state index in [-0.39, 0.29) is 18.6 Å². The predicted octanol–water partition coefficient (Wildman–Crippen LogP) is 5.52. The minimum atomic E-state index is 0.0843. The number of methoxy groups -OCH3 is 1. The topological polar surface area (TPSA) is 103 Å². The number of ether oxygens (including phenoxy) is 1. The molecule has 0 radical (unpaired) electrons. The van der Waals surface area contributed by atoms with Gasteiger partial charge in [-0.25, -0.2) is 4.98 Å². The van der Waals surface area contributed by atoms with Crippen molar-refractivity contribution in [1.82, 2.24) is 15.6 Å². The molecule has 3 N–H and O–H groups in total. The lowest BCUT2D eigenvalue weighted by atomic mass is 10.1. The number of aliphatic imine (C=N–C) groups is 1. The predicted molar refractivity (Wildman–Crippen MR) is 158 cm³/mol. The van der Waals surface area contributed by atoms with Crippen LogP contribution in [0.15, 0.2) is 41.1 Å². The van der Waals surface area contributed by atoms with Crippen molar-refractivity contribution in [2.45, 2.75) is 66.3 Å². The number of allylic oxidation sites excluding steroid dienone is 4. The maximum Gasteiger partial charge on any atom is 0.136 e. The molecule has 0 spiro atoms. The van der Waals surface area contributed by atoms with Crippen LogP contribution in [-0.2, 0) is 11.2 Å². The molecule has 204 valence electrons. The number of hydrogen-bond donors (Lipinski definition) is 3. The summed E-state index contributed by atoms with van der Waals surface area (Å²) in [5, 5.41) is 26.8. The van der Waals surface area contributed by atoms with E-state index in [1.807, 2.05) is 45.9 Å². The van der Waals surface area contributed by atoms with E-state index in [0.717, 1.165) is 47.7 Å². The lowest BCUT2D eigenvalue weighted by Gasteiger charge is -2.17. The summed E-state index contributed by atoms with van der Waals surface area (Å²) in [6.45, 7) is 16.0. The summed E-state index contributed by atoms with van der Waals surface area (Å²) >= 11 is 1.60. The quantitative estimate of drug-likeness (QED) is 0.160. The zero-order valence-corrected chi connectivity index (χ0v) is 24.2. The zero-order valence-electron chi connectivity index (χ0n) is 23.4. The number of rotatable bonds is 10. The highest BCUT2D eigenvalue weighted by Gasteiger charge is 2.26. The highest BCUT2D eigenvalue weighted by molar-refractivity contribution is 7.13. The fraction of sp³-hybridized carbons (Fsp3) is 0.552. The Labute approximate surface area is 227 Å². The third-order valence-electron chi connectivity index (χ3n) is 5.73. The number of amidine groups is 1. The van der Waals surface area contributed by atoms with Crippen LogP contribution in [0.3, 0.4) is 0 Å². The summed E-state index contributed by atoms with van der Waals surface area (Å²) in [6.07, 6.45) is 11.6. The molecule has 1 aromatic rings. The van der Waals surface area contributed by atoms with Crippen molar-refractivity contribution in [1.29, 1.82) is 5.26 Å².